The summed E-state index contributed by atoms with van der Waals surface area (Å²) in [5, 5.41) is 6.62. The zero-order valence-electron chi connectivity index (χ0n) is 16.8. The Balaban J connectivity index is 1.09. The number of rotatable bonds is 2. The smallest absolute Gasteiger partial charge is 0.320 e. The molecule has 6 fully saturated rings. The van der Waals surface area contributed by atoms with E-state index in [9.17, 15) is 9.59 Å². The molecular weight excluding hydrogens is 356 g/mol. The van der Waals surface area contributed by atoms with Crippen LogP contribution in [0.25, 0.3) is 0 Å². The summed E-state index contributed by atoms with van der Waals surface area (Å²) in [5.41, 5.74) is 0.0613. The Hall–Kier alpha value is -1.50. The monoisotopic (exact) mass is 390 g/mol. The number of nitrogens with zero attached hydrogens (tertiary/aromatic N) is 2. The number of hydrogen-bond acceptors (Lipinski definition) is 3. The first-order valence-electron chi connectivity index (χ1n) is 11.3. The molecule has 2 aliphatic heterocycles. The van der Waals surface area contributed by atoms with E-state index in [2.05, 4.69) is 10.6 Å². The van der Waals surface area contributed by atoms with E-state index in [4.69, 9.17) is 4.74 Å². The molecule has 0 atom stereocenters. The van der Waals surface area contributed by atoms with Crippen LogP contribution >= 0.6 is 0 Å². The van der Waals surface area contributed by atoms with Gasteiger partial charge in [-0.3, -0.25) is 0 Å². The number of carbonyl (C=O) groups is 2. The van der Waals surface area contributed by atoms with Crippen LogP contribution in [0.4, 0.5) is 9.59 Å². The first-order chi connectivity index (χ1) is 13.6. The minimum Gasteiger partial charge on any atom is -0.378 e. The maximum absolute atomic E-state index is 12.7. The quantitative estimate of drug-likeness (QED) is 0.759. The summed E-state index contributed by atoms with van der Waals surface area (Å²) in [6, 6.07) is 0.308. The predicted molar refractivity (Wildman–Crippen MR) is 105 cm³/mol. The molecule has 0 aromatic rings. The van der Waals surface area contributed by atoms with E-state index in [1.165, 1.54) is 38.5 Å². The Labute approximate surface area is 167 Å². The molecule has 6 aliphatic rings. The van der Waals surface area contributed by atoms with Gasteiger partial charge in [0.15, 0.2) is 0 Å². The highest BCUT2D eigenvalue weighted by Crippen LogP contribution is 2.55. The third-order valence-electron chi connectivity index (χ3n) is 7.80. The van der Waals surface area contributed by atoms with Gasteiger partial charge in [-0.15, -0.1) is 0 Å². The van der Waals surface area contributed by atoms with Crippen molar-refractivity contribution in [3.05, 3.63) is 0 Å². The van der Waals surface area contributed by atoms with Crippen molar-refractivity contribution in [1.82, 2.24) is 20.4 Å². The Morgan fingerprint density at radius 2 is 1.36 bits per heavy atom. The molecule has 0 unspecified atom stereocenters. The van der Waals surface area contributed by atoms with E-state index < -0.39 is 0 Å². The second-order valence-corrected chi connectivity index (χ2v) is 9.94. The number of ether oxygens (including phenoxy) is 1. The average molecular weight is 391 g/mol. The summed E-state index contributed by atoms with van der Waals surface area (Å²) in [6.07, 6.45) is 9.38. The molecular formula is C21H34N4O3. The van der Waals surface area contributed by atoms with Gasteiger partial charge in [-0.2, -0.15) is 0 Å². The van der Waals surface area contributed by atoms with Crippen LogP contribution in [-0.2, 0) is 4.74 Å². The van der Waals surface area contributed by atoms with E-state index >= 15 is 0 Å². The Bertz CT molecular complexity index is 575. The lowest BCUT2D eigenvalue weighted by Crippen LogP contribution is -2.62. The molecule has 2 saturated heterocycles. The molecule has 7 heteroatoms. The van der Waals surface area contributed by atoms with Gasteiger partial charge in [-0.05, 0) is 69.1 Å². The molecule has 0 aromatic carbocycles. The van der Waals surface area contributed by atoms with E-state index in [1.54, 1.807) is 0 Å². The van der Waals surface area contributed by atoms with Gasteiger partial charge >= 0.3 is 12.1 Å². The van der Waals surface area contributed by atoms with Gasteiger partial charge in [0.2, 0.25) is 0 Å². The molecule has 156 valence electrons. The number of piperidine rings is 1. The number of morpholine rings is 1. The first kappa shape index (κ1) is 18.5. The van der Waals surface area contributed by atoms with Crippen molar-refractivity contribution in [2.24, 2.45) is 17.8 Å². The number of carbonyl (C=O) groups excluding carboxylic acids is 2. The fourth-order valence-electron chi connectivity index (χ4n) is 6.90. The molecule has 0 radical (unpaired) electrons. The van der Waals surface area contributed by atoms with Crippen LogP contribution in [-0.4, -0.2) is 72.8 Å². The minimum absolute atomic E-state index is 0.0138. The van der Waals surface area contributed by atoms with Gasteiger partial charge in [-0.25, -0.2) is 9.59 Å². The zero-order chi connectivity index (χ0) is 19.1. The summed E-state index contributed by atoms with van der Waals surface area (Å²) < 4.78 is 5.33. The van der Waals surface area contributed by atoms with E-state index in [1.807, 2.05) is 9.80 Å². The molecule has 28 heavy (non-hydrogen) atoms. The lowest BCUT2D eigenvalue weighted by atomic mass is 9.53. The van der Waals surface area contributed by atoms with Gasteiger partial charge in [0.25, 0.3) is 0 Å². The highest BCUT2D eigenvalue weighted by Gasteiger charge is 2.51. The Morgan fingerprint density at radius 1 is 0.821 bits per heavy atom. The highest BCUT2D eigenvalue weighted by molar-refractivity contribution is 5.76. The maximum Gasteiger partial charge on any atom is 0.320 e. The first-order valence-corrected chi connectivity index (χ1v) is 11.3. The molecule has 2 N–H and O–H groups in total. The van der Waals surface area contributed by atoms with Crippen molar-refractivity contribution in [1.29, 1.82) is 0 Å². The largest absolute Gasteiger partial charge is 0.378 e. The molecule has 0 spiro atoms. The summed E-state index contributed by atoms with van der Waals surface area (Å²) in [4.78, 5) is 29.1. The predicted octanol–water partition coefficient (Wildman–Crippen LogP) is 2.17. The maximum atomic E-state index is 12.7. The van der Waals surface area contributed by atoms with Crippen LogP contribution in [0.15, 0.2) is 0 Å². The van der Waals surface area contributed by atoms with Crippen LogP contribution in [0.1, 0.15) is 51.4 Å². The molecule has 6 rings (SSSR count). The number of urea groups is 2. The van der Waals surface area contributed by atoms with Crippen LogP contribution in [0, 0.1) is 17.8 Å². The summed E-state index contributed by atoms with van der Waals surface area (Å²) in [6.45, 7) is 4.08. The highest BCUT2D eigenvalue weighted by atomic mass is 16.5. The van der Waals surface area contributed by atoms with Crippen molar-refractivity contribution in [2.45, 2.75) is 62.9 Å². The summed E-state index contributed by atoms with van der Waals surface area (Å²) >= 11 is 0. The Morgan fingerprint density at radius 3 is 1.93 bits per heavy atom. The summed E-state index contributed by atoms with van der Waals surface area (Å²) in [5.74, 6) is 2.50. The van der Waals surface area contributed by atoms with Gasteiger partial charge in [0.05, 0.1) is 13.2 Å². The second-order valence-electron chi connectivity index (χ2n) is 9.94. The third-order valence-corrected chi connectivity index (χ3v) is 7.80. The van der Waals surface area contributed by atoms with Crippen LogP contribution in [0.5, 0.6) is 0 Å². The third kappa shape index (κ3) is 3.70. The molecule has 4 bridgehead atoms. The van der Waals surface area contributed by atoms with Gasteiger partial charge in [0.1, 0.15) is 0 Å². The van der Waals surface area contributed by atoms with E-state index in [0.29, 0.717) is 26.3 Å². The molecule has 0 aromatic heterocycles. The minimum atomic E-state index is 0.0138. The molecule has 4 amide bonds. The fraction of sp³-hybridized carbons (Fsp3) is 0.905. The zero-order valence-corrected chi connectivity index (χ0v) is 16.8. The normalized spacial score (nSPS) is 37.8. The Kier molecular flexibility index (Phi) is 4.89. The number of nitrogens with one attached hydrogen (secondary N) is 2. The van der Waals surface area contributed by atoms with Gasteiger partial charge in [-0.1, -0.05) is 0 Å². The molecule has 4 aliphatic carbocycles. The molecule has 4 saturated carbocycles. The lowest BCUT2D eigenvalue weighted by Gasteiger charge is -2.56. The molecule has 7 nitrogen and oxygen atoms in total. The van der Waals surface area contributed by atoms with Crippen LogP contribution < -0.4 is 10.6 Å². The van der Waals surface area contributed by atoms with E-state index in [0.717, 1.165) is 43.7 Å². The lowest BCUT2D eigenvalue weighted by molar-refractivity contribution is -0.0137. The topological polar surface area (TPSA) is 73.9 Å². The molecule has 2 heterocycles. The average Bonchev–Trinajstić information content (AvgIpc) is 2.67. The summed E-state index contributed by atoms with van der Waals surface area (Å²) in [7, 11) is 0. The second kappa shape index (κ2) is 7.39. The van der Waals surface area contributed by atoms with Crippen LogP contribution in [0.2, 0.25) is 0 Å². The number of likely N-dealkylation sites (tertiary alicyclic amines) is 1. The van der Waals surface area contributed by atoms with Crippen LogP contribution in [0.3, 0.4) is 0 Å². The van der Waals surface area contributed by atoms with Gasteiger partial charge < -0.3 is 25.2 Å². The number of hydrogen-bond donors (Lipinski definition) is 2. The van der Waals surface area contributed by atoms with E-state index in [-0.39, 0.29) is 23.6 Å². The van der Waals surface area contributed by atoms with Gasteiger partial charge in [0, 0.05) is 37.8 Å². The van der Waals surface area contributed by atoms with Crippen molar-refractivity contribution in [2.75, 3.05) is 39.4 Å². The standard InChI is InChI=1S/C21H34N4O3/c26-19(23-21-12-15-9-16(13-21)11-17(10-15)14-21)22-18-1-3-24(4-2-18)20(27)25-5-7-28-8-6-25/h15-18H,1-14H2,(H2,22,23,26). The van der Waals surface area contributed by atoms with Crippen molar-refractivity contribution in [3.8, 4) is 0 Å². The SMILES string of the molecule is O=C(NC1CCN(C(=O)N2CCOCC2)CC1)NC12CC3CC(CC(C3)C1)C2. The number of amides is 4. The fourth-order valence-corrected chi connectivity index (χ4v) is 6.90. The van der Waals surface area contributed by atoms with Crippen molar-refractivity contribution in [3.63, 3.8) is 0 Å². The van der Waals surface area contributed by atoms with Crippen molar-refractivity contribution < 1.29 is 14.3 Å². The van der Waals surface area contributed by atoms with Crippen molar-refractivity contribution >= 4 is 12.1 Å².